The fourth-order valence-electron chi connectivity index (χ4n) is 3.58. The molecular formula is C16H25BrN8O2S. The summed E-state index contributed by atoms with van der Waals surface area (Å²) >= 11 is 3.36. The van der Waals surface area contributed by atoms with E-state index in [9.17, 15) is 8.42 Å². The predicted octanol–water partition coefficient (Wildman–Crippen LogP) is 0.569. The molecule has 1 aliphatic carbocycles. The largest absolute Gasteiger partial charge is 0.353 e. The third-order valence-electron chi connectivity index (χ3n) is 5.21. The van der Waals surface area contributed by atoms with Crippen molar-refractivity contribution in [2.75, 3.05) is 42.7 Å². The highest BCUT2D eigenvalue weighted by molar-refractivity contribution is 9.10. The van der Waals surface area contributed by atoms with E-state index in [1.54, 1.807) is 4.52 Å². The SMILES string of the molecule is CNC1CN(c2nc(NCCS(=O)(=O)NC3CCCC3)n3nc(Br)cc3n2)C1. The van der Waals surface area contributed by atoms with Crippen LogP contribution in [0.25, 0.3) is 5.65 Å². The summed E-state index contributed by atoms with van der Waals surface area (Å²) in [5, 5.41) is 10.7. The average Bonchev–Trinajstić information content (AvgIpc) is 3.22. The van der Waals surface area contributed by atoms with Crippen molar-refractivity contribution >= 4 is 43.5 Å². The van der Waals surface area contributed by atoms with Crippen molar-refractivity contribution in [3.63, 3.8) is 0 Å². The van der Waals surface area contributed by atoms with Gasteiger partial charge in [0.05, 0.1) is 5.75 Å². The molecule has 2 aromatic heterocycles. The zero-order chi connectivity index (χ0) is 19.7. The molecule has 0 radical (unpaired) electrons. The zero-order valence-electron chi connectivity index (χ0n) is 15.7. The first kappa shape index (κ1) is 19.8. The Bertz CT molecular complexity index is 938. The van der Waals surface area contributed by atoms with Gasteiger partial charge in [-0.3, -0.25) is 0 Å². The fraction of sp³-hybridized carbons (Fsp3) is 0.688. The average molecular weight is 473 g/mol. The second kappa shape index (κ2) is 8.09. The highest BCUT2D eigenvalue weighted by atomic mass is 79.9. The standard InChI is InChI=1S/C16H25BrN8O2S/c1-18-12-9-24(10-12)16-20-14-8-13(17)22-25(14)15(21-16)19-6-7-28(26,27)23-11-4-2-3-5-11/h8,11-12,18,23H,2-7,9-10H2,1H3,(H,19,20,21). The molecule has 1 saturated carbocycles. The molecule has 0 unspecified atom stereocenters. The summed E-state index contributed by atoms with van der Waals surface area (Å²) in [4.78, 5) is 11.2. The second-order valence-corrected chi connectivity index (χ2v) is 10.0. The Balaban J connectivity index is 1.45. The van der Waals surface area contributed by atoms with E-state index in [1.165, 1.54) is 0 Å². The summed E-state index contributed by atoms with van der Waals surface area (Å²) in [6, 6.07) is 2.32. The van der Waals surface area contributed by atoms with E-state index < -0.39 is 10.0 Å². The smallest absolute Gasteiger partial charge is 0.230 e. The van der Waals surface area contributed by atoms with Gasteiger partial charge in [-0.15, -0.1) is 0 Å². The van der Waals surface area contributed by atoms with Gasteiger partial charge < -0.3 is 15.5 Å². The number of anilines is 2. The third kappa shape index (κ3) is 4.39. The summed E-state index contributed by atoms with van der Waals surface area (Å²) in [6.45, 7) is 1.91. The van der Waals surface area contributed by atoms with E-state index in [1.807, 2.05) is 13.1 Å². The van der Waals surface area contributed by atoms with Crippen molar-refractivity contribution in [2.45, 2.75) is 37.8 Å². The van der Waals surface area contributed by atoms with Gasteiger partial charge in [-0.2, -0.15) is 19.6 Å². The van der Waals surface area contributed by atoms with Crippen LogP contribution in [0.15, 0.2) is 10.7 Å². The van der Waals surface area contributed by atoms with E-state index >= 15 is 0 Å². The minimum absolute atomic E-state index is 0.0156. The van der Waals surface area contributed by atoms with Gasteiger partial charge in [-0.05, 0) is 35.8 Å². The minimum Gasteiger partial charge on any atom is -0.353 e. The van der Waals surface area contributed by atoms with Crippen LogP contribution in [0.4, 0.5) is 11.9 Å². The molecule has 154 valence electrons. The summed E-state index contributed by atoms with van der Waals surface area (Å²) in [6.07, 6.45) is 4.03. The number of hydrogen-bond acceptors (Lipinski definition) is 8. The molecule has 0 aromatic carbocycles. The molecule has 3 heterocycles. The summed E-state index contributed by atoms with van der Waals surface area (Å²) in [5.41, 5.74) is 0.652. The Labute approximate surface area is 172 Å². The van der Waals surface area contributed by atoms with Gasteiger partial charge in [0, 0.05) is 37.8 Å². The first-order chi connectivity index (χ1) is 13.4. The number of hydrogen-bond donors (Lipinski definition) is 3. The molecule has 0 amide bonds. The van der Waals surface area contributed by atoms with E-state index in [-0.39, 0.29) is 18.3 Å². The van der Waals surface area contributed by atoms with Gasteiger partial charge in [0.2, 0.25) is 21.9 Å². The Morgan fingerprint density at radius 1 is 1.21 bits per heavy atom. The van der Waals surface area contributed by atoms with Crippen LogP contribution in [0, 0.1) is 0 Å². The number of halogens is 1. The third-order valence-corrected chi connectivity index (χ3v) is 7.03. The van der Waals surface area contributed by atoms with Crippen molar-refractivity contribution in [1.29, 1.82) is 0 Å². The minimum atomic E-state index is -3.33. The first-order valence-corrected chi connectivity index (χ1v) is 12.0. The van der Waals surface area contributed by atoms with Crippen molar-refractivity contribution in [1.82, 2.24) is 29.6 Å². The Kier molecular flexibility index (Phi) is 5.72. The molecule has 2 aromatic rings. The molecule has 10 nitrogen and oxygen atoms in total. The number of nitrogens with zero attached hydrogens (tertiary/aromatic N) is 5. The van der Waals surface area contributed by atoms with Gasteiger partial charge in [-0.1, -0.05) is 12.8 Å². The summed E-state index contributed by atoms with van der Waals surface area (Å²) in [5.74, 6) is 1.08. The molecule has 1 aliphatic heterocycles. The quantitative estimate of drug-likeness (QED) is 0.510. The van der Waals surface area contributed by atoms with Gasteiger partial charge >= 0.3 is 0 Å². The van der Waals surface area contributed by atoms with Crippen LogP contribution in [0.1, 0.15) is 25.7 Å². The maximum Gasteiger partial charge on any atom is 0.230 e. The Morgan fingerprint density at radius 3 is 2.68 bits per heavy atom. The fourth-order valence-corrected chi connectivity index (χ4v) is 5.18. The summed E-state index contributed by atoms with van der Waals surface area (Å²) < 4.78 is 29.7. The van der Waals surface area contributed by atoms with Crippen molar-refractivity contribution in [3.05, 3.63) is 10.7 Å². The molecule has 2 aliphatic rings. The lowest BCUT2D eigenvalue weighted by atomic mass is 10.1. The number of sulfonamides is 1. The second-order valence-electron chi connectivity index (χ2n) is 7.32. The maximum absolute atomic E-state index is 12.3. The van der Waals surface area contributed by atoms with E-state index in [0.717, 1.165) is 38.8 Å². The van der Waals surface area contributed by atoms with Crippen molar-refractivity contribution in [2.24, 2.45) is 0 Å². The molecule has 0 bridgehead atoms. The topological polar surface area (TPSA) is 117 Å². The van der Waals surface area contributed by atoms with Crippen molar-refractivity contribution < 1.29 is 8.42 Å². The number of nitrogens with one attached hydrogen (secondary N) is 3. The van der Waals surface area contributed by atoms with Crippen molar-refractivity contribution in [3.8, 4) is 0 Å². The predicted molar refractivity (Wildman–Crippen MR) is 111 cm³/mol. The van der Waals surface area contributed by atoms with Gasteiger partial charge in [0.1, 0.15) is 4.60 Å². The molecule has 0 spiro atoms. The first-order valence-electron chi connectivity index (χ1n) is 9.53. The number of likely N-dealkylation sites (N-methyl/N-ethyl adjacent to an activating group) is 1. The van der Waals surface area contributed by atoms with E-state index in [0.29, 0.717) is 28.2 Å². The van der Waals surface area contributed by atoms with Crippen LogP contribution in [0.3, 0.4) is 0 Å². The monoisotopic (exact) mass is 472 g/mol. The van der Waals surface area contributed by atoms with Gasteiger partial charge in [-0.25, -0.2) is 13.1 Å². The molecule has 4 rings (SSSR count). The lowest BCUT2D eigenvalue weighted by Crippen LogP contribution is -2.57. The van der Waals surface area contributed by atoms with Crippen LogP contribution < -0.4 is 20.3 Å². The highest BCUT2D eigenvalue weighted by Crippen LogP contribution is 2.22. The number of rotatable bonds is 8. The Morgan fingerprint density at radius 2 is 1.96 bits per heavy atom. The van der Waals surface area contributed by atoms with Crippen LogP contribution in [-0.4, -0.2) is 72.5 Å². The molecule has 0 atom stereocenters. The molecule has 3 N–H and O–H groups in total. The molecule has 1 saturated heterocycles. The molecule has 12 heteroatoms. The number of fused-ring (bicyclic) bond motifs is 1. The van der Waals surface area contributed by atoms with Crippen LogP contribution in [-0.2, 0) is 10.0 Å². The zero-order valence-corrected chi connectivity index (χ0v) is 18.1. The van der Waals surface area contributed by atoms with Crippen LogP contribution in [0.5, 0.6) is 0 Å². The van der Waals surface area contributed by atoms with Crippen LogP contribution in [0.2, 0.25) is 0 Å². The van der Waals surface area contributed by atoms with E-state index in [4.69, 9.17) is 0 Å². The maximum atomic E-state index is 12.3. The Hall–Kier alpha value is -1.50. The highest BCUT2D eigenvalue weighted by Gasteiger charge is 2.28. The normalized spacial score (nSPS) is 18.7. The molecule has 2 fully saturated rings. The summed E-state index contributed by atoms with van der Waals surface area (Å²) in [7, 11) is -1.39. The molecular weight excluding hydrogens is 448 g/mol. The lowest BCUT2D eigenvalue weighted by Gasteiger charge is -2.39. The van der Waals surface area contributed by atoms with Gasteiger partial charge in [0.25, 0.3) is 0 Å². The lowest BCUT2D eigenvalue weighted by molar-refractivity contribution is 0.443. The molecule has 28 heavy (non-hydrogen) atoms. The van der Waals surface area contributed by atoms with Gasteiger partial charge in [0.15, 0.2) is 5.65 Å². The van der Waals surface area contributed by atoms with E-state index in [2.05, 4.69) is 51.3 Å². The van der Waals surface area contributed by atoms with Crippen LogP contribution >= 0.6 is 15.9 Å². The number of aromatic nitrogens is 4.